The summed E-state index contributed by atoms with van der Waals surface area (Å²) in [5, 5.41) is 13.6. The molecule has 6 aromatic rings. The van der Waals surface area contributed by atoms with Gasteiger partial charge in [-0.2, -0.15) is 10.2 Å². The SMILES string of the molecule is Cc1c(-c2cc(C(F)F)nc3sc(C(N)=O)c(NC(=O)c4cnn5c(-c6cccs6)ccnc45)c23)cnn1C. The Balaban J connectivity index is 1.52. The molecule has 0 aliphatic rings. The minimum atomic E-state index is -2.86. The highest BCUT2D eigenvalue weighted by molar-refractivity contribution is 7.21. The second kappa shape index (κ2) is 9.32. The van der Waals surface area contributed by atoms with Crippen LogP contribution in [0.25, 0.3) is 37.6 Å². The molecule has 0 aromatic carbocycles. The molecule has 0 aliphatic carbocycles. The number of nitrogens with zero attached hydrogens (tertiary/aromatic N) is 6. The van der Waals surface area contributed by atoms with Gasteiger partial charge in [-0.25, -0.2) is 23.3 Å². The molecule has 0 radical (unpaired) electrons. The summed E-state index contributed by atoms with van der Waals surface area (Å²) in [6.45, 7) is 1.78. The number of hydrogen-bond acceptors (Lipinski definition) is 8. The van der Waals surface area contributed by atoms with E-state index >= 15 is 0 Å². The third kappa shape index (κ3) is 4.04. The number of rotatable bonds is 6. The van der Waals surface area contributed by atoms with E-state index in [0.29, 0.717) is 27.9 Å². The molecule has 39 heavy (non-hydrogen) atoms. The van der Waals surface area contributed by atoms with E-state index in [9.17, 15) is 18.4 Å². The van der Waals surface area contributed by atoms with Gasteiger partial charge in [0.2, 0.25) is 0 Å². The van der Waals surface area contributed by atoms with Crippen molar-refractivity contribution in [2.75, 3.05) is 5.32 Å². The summed E-state index contributed by atoms with van der Waals surface area (Å²) >= 11 is 2.35. The van der Waals surface area contributed by atoms with Gasteiger partial charge in [0.1, 0.15) is 21.0 Å². The second-order valence-electron chi connectivity index (χ2n) is 8.57. The molecule has 196 valence electrons. The number of pyridine rings is 1. The molecular weight excluding hydrogens is 546 g/mol. The summed E-state index contributed by atoms with van der Waals surface area (Å²) in [5.41, 5.74) is 8.07. The van der Waals surface area contributed by atoms with Crippen LogP contribution in [0.1, 0.15) is 37.8 Å². The highest BCUT2D eigenvalue weighted by Crippen LogP contribution is 2.43. The number of carbonyl (C=O) groups excluding carboxylic acids is 2. The number of nitrogens with two attached hydrogens (primary N) is 1. The molecule has 0 bridgehead atoms. The van der Waals surface area contributed by atoms with Gasteiger partial charge in [-0.3, -0.25) is 14.3 Å². The van der Waals surface area contributed by atoms with Crippen LogP contribution in [0.5, 0.6) is 0 Å². The Kier molecular flexibility index (Phi) is 5.92. The number of fused-ring (bicyclic) bond motifs is 2. The van der Waals surface area contributed by atoms with Crippen LogP contribution in [-0.2, 0) is 7.05 Å². The number of carbonyl (C=O) groups is 2. The van der Waals surface area contributed by atoms with E-state index in [0.717, 1.165) is 21.9 Å². The first kappa shape index (κ1) is 24.8. The number of aryl methyl sites for hydroxylation is 1. The highest BCUT2D eigenvalue weighted by Gasteiger charge is 2.27. The fourth-order valence-electron chi connectivity index (χ4n) is 4.34. The molecule has 10 nitrogen and oxygen atoms in total. The number of thiophene rings is 2. The molecule has 14 heteroatoms. The predicted molar refractivity (Wildman–Crippen MR) is 144 cm³/mol. The normalized spacial score (nSPS) is 11.6. The highest BCUT2D eigenvalue weighted by atomic mass is 32.1. The van der Waals surface area contributed by atoms with Crippen LogP contribution in [0.15, 0.2) is 48.2 Å². The molecule has 0 fully saturated rings. The average Bonchev–Trinajstić information content (AvgIpc) is 3.70. The number of amides is 2. The van der Waals surface area contributed by atoms with Crippen molar-refractivity contribution < 1.29 is 18.4 Å². The van der Waals surface area contributed by atoms with E-state index in [2.05, 4.69) is 25.5 Å². The molecule has 0 unspecified atom stereocenters. The van der Waals surface area contributed by atoms with Gasteiger partial charge in [-0.1, -0.05) is 6.07 Å². The first-order chi connectivity index (χ1) is 18.7. The van der Waals surface area contributed by atoms with Crippen molar-refractivity contribution in [2.24, 2.45) is 12.8 Å². The molecule has 6 rings (SSSR count). The number of halogens is 2. The van der Waals surface area contributed by atoms with Gasteiger partial charge >= 0.3 is 0 Å². The molecule has 0 atom stereocenters. The lowest BCUT2D eigenvalue weighted by atomic mass is 10.0. The first-order valence-corrected chi connectivity index (χ1v) is 13.2. The number of anilines is 1. The smallest absolute Gasteiger partial charge is 0.280 e. The molecule has 2 amide bonds. The summed E-state index contributed by atoms with van der Waals surface area (Å²) in [7, 11) is 1.72. The number of primary amides is 1. The van der Waals surface area contributed by atoms with Crippen molar-refractivity contribution in [3.05, 3.63) is 70.1 Å². The van der Waals surface area contributed by atoms with Gasteiger partial charge in [0.15, 0.2) is 5.65 Å². The fraction of sp³-hybridized carbons (Fsp3) is 0.120. The number of hydrogen-bond donors (Lipinski definition) is 2. The van der Waals surface area contributed by atoms with E-state index in [-0.39, 0.29) is 21.0 Å². The van der Waals surface area contributed by atoms with Gasteiger partial charge in [-0.05, 0) is 36.1 Å². The van der Waals surface area contributed by atoms with Crippen LogP contribution < -0.4 is 11.1 Å². The first-order valence-electron chi connectivity index (χ1n) is 11.5. The van der Waals surface area contributed by atoms with Crippen LogP contribution in [-0.4, -0.2) is 41.2 Å². The summed E-state index contributed by atoms with van der Waals surface area (Å²) in [4.78, 5) is 35.5. The molecule has 6 aromatic heterocycles. The number of alkyl halides is 2. The topological polar surface area (TPSA) is 133 Å². The maximum atomic E-state index is 13.8. The van der Waals surface area contributed by atoms with Crippen molar-refractivity contribution in [1.29, 1.82) is 0 Å². The lowest BCUT2D eigenvalue weighted by Crippen LogP contribution is -2.17. The summed E-state index contributed by atoms with van der Waals surface area (Å²) < 4.78 is 30.7. The standard InChI is InChI=1S/C25H18F2N8O2S2/c1-11-13(9-30-34(11)2)12-8-15(21(26)27)32-25-18(12)19(20(39-25)22(28)36)33-24(37)14-10-31-35-16(5-6-29-23(14)35)17-4-3-7-38-17/h3-10,21H,1-2H3,(H2,28,36)(H,33,37). The number of aromatic nitrogens is 6. The van der Waals surface area contributed by atoms with E-state index < -0.39 is 23.9 Å². The van der Waals surface area contributed by atoms with Gasteiger partial charge in [-0.15, -0.1) is 22.7 Å². The van der Waals surface area contributed by atoms with Crippen molar-refractivity contribution in [3.63, 3.8) is 0 Å². The molecule has 0 spiro atoms. The quantitative estimate of drug-likeness (QED) is 0.290. The van der Waals surface area contributed by atoms with Crippen LogP contribution in [0.2, 0.25) is 0 Å². The maximum Gasteiger partial charge on any atom is 0.280 e. The molecule has 0 aliphatic heterocycles. The maximum absolute atomic E-state index is 13.8. The van der Waals surface area contributed by atoms with Crippen molar-refractivity contribution in [3.8, 4) is 21.7 Å². The third-order valence-electron chi connectivity index (χ3n) is 6.31. The van der Waals surface area contributed by atoms with Crippen LogP contribution in [0.4, 0.5) is 14.5 Å². The molecule has 0 saturated heterocycles. The Morgan fingerprint density at radius 2 is 1.97 bits per heavy atom. The minimum Gasteiger partial charge on any atom is -0.365 e. The van der Waals surface area contributed by atoms with Gasteiger partial charge < -0.3 is 11.1 Å². The second-order valence-corrected chi connectivity index (χ2v) is 10.5. The van der Waals surface area contributed by atoms with E-state index in [4.69, 9.17) is 5.73 Å². The van der Waals surface area contributed by atoms with Gasteiger partial charge in [0.25, 0.3) is 18.2 Å². The lowest BCUT2D eigenvalue weighted by molar-refractivity contribution is 0.100. The molecule has 0 saturated carbocycles. The van der Waals surface area contributed by atoms with Crippen LogP contribution in [0.3, 0.4) is 0 Å². The Labute approximate surface area is 226 Å². The van der Waals surface area contributed by atoms with Crippen molar-refractivity contribution in [2.45, 2.75) is 13.3 Å². The zero-order valence-electron chi connectivity index (χ0n) is 20.3. The largest absolute Gasteiger partial charge is 0.365 e. The van der Waals surface area contributed by atoms with E-state index in [1.807, 2.05) is 17.5 Å². The Morgan fingerprint density at radius 1 is 1.15 bits per heavy atom. The number of nitrogens with one attached hydrogen (secondary N) is 1. The summed E-state index contributed by atoms with van der Waals surface area (Å²) in [6, 6.07) is 6.87. The van der Waals surface area contributed by atoms with Gasteiger partial charge in [0.05, 0.1) is 28.7 Å². The third-order valence-corrected chi connectivity index (χ3v) is 8.30. The van der Waals surface area contributed by atoms with E-state index in [1.165, 1.54) is 29.8 Å². The zero-order valence-corrected chi connectivity index (χ0v) is 22.0. The average molecular weight is 565 g/mol. The molecule has 3 N–H and O–H groups in total. The minimum absolute atomic E-state index is 0.0243. The summed E-state index contributed by atoms with van der Waals surface area (Å²) in [5.74, 6) is -1.44. The van der Waals surface area contributed by atoms with Crippen molar-refractivity contribution >= 4 is 56.0 Å². The Hall–Kier alpha value is -4.56. The lowest BCUT2D eigenvalue weighted by Gasteiger charge is -2.10. The van der Waals surface area contributed by atoms with Crippen LogP contribution >= 0.6 is 22.7 Å². The Bertz CT molecular complexity index is 1910. The monoisotopic (exact) mass is 564 g/mol. The van der Waals surface area contributed by atoms with Crippen molar-refractivity contribution in [1.82, 2.24) is 29.4 Å². The molecule has 6 heterocycles. The Morgan fingerprint density at radius 3 is 2.64 bits per heavy atom. The molecular formula is C25H18F2N8O2S2. The fourth-order valence-corrected chi connectivity index (χ4v) is 6.09. The summed E-state index contributed by atoms with van der Waals surface area (Å²) in [6.07, 6.45) is 1.64. The predicted octanol–water partition coefficient (Wildman–Crippen LogP) is 5.07. The van der Waals surface area contributed by atoms with Gasteiger partial charge in [0, 0.05) is 29.9 Å². The zero-order chi connectivity index (χ0) is 27.4. The van der Waals surface area contributed by atoms with Crippen LogP contribution in [0, 0.1) is 6.92 Å². The van der Waals surface area contributed by atoms with E-state index in [1.54, 1.807) is 35.4 Å².